The number of fused-ring (bicyclic) bond motifs is 2. The van der Waals surface area contributed by atoms with Crippen LogP contribution in [0.1, 0.15) is 52.9 Å². The van der Waals surface area contributed by atoms with Crippen molar-refractivity contribution in [2.45, 2.75) is 32.1 Å². The van der Waals surface area contributed by atoms with Crippen LogP contribution in [-0.2, 0) is 6.42 Å². The number of benzene rings is 1. The van der Waals surface area contributed by atoms with Crippen LogP contribution >= 0.6 is 0 Å². The van der Waals surface area contributed by atoms with Crippen LogP contribution in [0, 0.1) is 0 Å². The number of nitrogens with zero attached hydrogens (tertiary/aromatic N) is 1. The van der Waals surface area contributed by atoms with Gasteiger partial charge in [0.25, 0.3) is 0 Å². The highest BCUT2D eigenvalue weighted by Gasteiger charge is 2.20. The van der Waals surface area contributed by atoms with Gasteiger partial charge in [0.05, 0.1) is 0 Å². The third-order valence-corrected chi connectivity index (χ3v) is 4.74. The van der Waals surface area contributed by atoms with Crippen LogP contribution < -0.4 is 0 Å². The topological polar surface area (TPSA) is 22.0 Å². The molecule has 1 aliphatic heterocycles. The average molecular weight is 289 g/mol. The summed E-state index contributed by atoms with van der Waals surface area (Å²) >= 11 is 0. The molecule has 0 bridgehead atoms. The summed E-state index contributed by atoms with van der Waals surface area (Å²) in [6.07, 6.45) is 13.3. The first-order chi connectivity index (χ1) is 10.9. The number of carbonyl (C=O) groups excluding carboxylic acids is 1. The highest BCUT2D eigenvalue weighted by molar-refractivity contribution is 5.86. The van der Waals surface area contributed by atoms with Crippen molar-refractivity contribution >= 4 is 18.1 Å². The maximum atomic E-state index is 11.4. The fraction of sp³-hybridized carbons (Fsp3) is 0.250. The molecule has 2 heterocycles. The van der Waals surface area contributed by atoms with E-state index in [4.69, 9.17) is 0 Å². The van der Waals surface area contributed by atoms with Gasteiger partial charge in [-0.2, -0.15) is 0 Å². The molecule has 0 radical (unpaired) electrons. The van der Waals surface area contributed by atoms with Crippen molar-refractivity contribution in [1.82, 2.24) is 4.57 Å². The Hall–Kier alpha value is -2.35. The van der Waals surface area contributed by atoms with Crippen LogP contribution in [0.4, 0.5) is 0 Å². The van der Waals surface area contributed by atoms with E-state index in [1.54, 1.807) is 0 Å². The van der Waals surface area contributed by atoms with E-state index in [-0.39, 0.29) is 0 Å². The van der Waals surface area contributed by atoms with E-state index in [2.05, 4.69) is 41.0 Å². The molecule has 2 aliphatic rings. The van der Waals surface area contributed by atoms with Crippen LogP contribution in [0.5, 0.6) is 0 Å². The molecule has 110 valence electrons. The van der Waals surface area contributed by atoms with E-state index in [1.807, 2.05) is 12.3 Å². The Labute approximate surface area is 130 Å². The molecule has 0 N–H and O–H groups in total. The smallest absolute Gasteiger partial charge is 0.151 e. The summed E-state index contributed by atoms with van der Waals surface area (Å²) in [5, 5.41) is 0. The minimum absolute atomic E-state index is 0.805. The molecule has 0 fully saturated rings. The van der Waals surface area contributed by atoms with Crippen molar-refractivity contribution in [2.24, 2.45) is 0 Å². The van der Waals surface area contributed by atoms with Crippen molar-refractivity contribution in [2.75, 3.05) is 0 Å². The molecule has 0 saturated heterocycles. The van der Waals surface area contributed by atoms with E-state index in [0.717, 1.165) is 36.8 Å². The lowest BCUT2D eigenvalue weighted by Crippen LogP contribution is -2.05. The normalized spacial score (nSPS) is 16.9. The van der Waals surface area contributed by atoms with Gasteiger partial charge >= 0.3 is 0 Å². The zero-order valence-electron chi connectivity index (χ0n) is 12.6. The first kappa shape index (κ1) is 13.3. The molecule has 2 nitrogen and oxygen atoms in total. The number of rotatable bonds is 2. The summed E-state index contributed by atoms with van der Waals surface area (Å²) in [5.41, 5.74) is 7.13. The second-order valence-corrected chi connectivity index (χ2v) is 6.09. The zero-order chi connectivity index (χ0) is 14.9. The van der Waals surface area contributed by atoms with Crippen molar-refractivity contribution in [3.8, 4) is 0 Å². The Kier molecular flexibility index (Phi) is 3.30. The summed E-state index contributed by atoms with van der Waals surface area (Å²) in [6.45, 7) is 0. The Morgan fingerprint density at radius 2 is 2.00 bits per heavy atom. The minimum atomic E-state index is 0.805. The summed E-state index contributed by atoms with van der Waals surface area (Å²) in [7, 11) is 0. The van der Waals surface area contributed by atoms with Crippen LogP contribution in [0.3, 0.4) is 0 Å². The molecule has 0 spiro atoms. The minimum Gasteiger partial charge on any atom is -0.320 e. The molecule has 0 atom stereocenters. The first-order valence-corrected chi connectivity index (χ1v) is 8.01. The number of carbonyl (C=O) groups is 1. The largest absolute Gasteiger partial charge is 0.320 e. The molecular formula is C20H19NO. The van der Waals surface area contributed by atoms with Gasteiger partial charge in [-0.05, 0) is 54.5 Å². The zero-order valence-corrected chi connectivity index (χ0v) is 12.6. The number of allylic oxidation sites excluding steroid dienone is 3. The molecule has 2 heteroatoms. The standard InChI is InChI=1S/C20H19NO/c22-14-18-10-11-21-19(15-6-2-1-3-7-15)12-16-8-4-5-9-17(16)13-20(18)21/h4-6,8-12,14H,1-3,7,13H2. The SMILES string of the molecule is O=Cc1ccn2c1Cc1ccccc1C=C2C1=CCCCC1. The highest BCUT2D eigenvalue weighted by atomic mass is 16.1. The predicted molar refractivity (Wildman–Crippen MR) is 89.8 cm³/mol. The van der Waals surface area contributed by atoms with Crippen LogP contribution in [0.2, 0.25) is 0 Å². The molecule has 22 heavy (non-hydrogen) atoms. The molecular weight excluding hydrogens is 270 g/mol. The molecule has 1 aromatic carbocycles. The molecule has 4 rings (SSSR count). The van der Waals surface area contributed by atoms with Gasteiger partial charge in [-0.15, -0.1) is 0 Å². The van der Waals surface area contributed by atoms with Crippen molar-refractivity contribution in [1.29, 1.82) is 0 Å². The highest BCUT2D eigenvalue weighted by Crippen LogP contribution is 2.34. The molecule has 0 amide bonds. The van der Waals surface area contributed by atoms with E-state index < -0.39 is 0 Å². The maximum absolute atomic E-state index is 11.4. The Bertz CT molecular complexity index is 792. The lowest BCUT2D eigenvalue weighted by Gasteiger charge is -2.18. The quantitative estimate of drug-likeness (QED) is 0.734. The number of aldehydes is 1. The van der Waals surface area contributed by atoms with Gasteiger partial charge in [-0.3, -0.25) is 4.79 Å². The number of hydrogen-bond donors (Lipinski definition) is 0. The maximum Gasteiger partial charge on any atom is 0.151 e. The van der Waals surface area contributed by atoms with Gasteiger partial charge in [0.1, 0.15) is 0 Å². The van der Waals surface area contributed by atoms with Gasteiger partial charge in [0, 0.05) is 29.6 Å². The van der Waals surface area contributed by atoms with Crippen LogP contribution in [-0.4, -0.2) is 10.9 Å². The van der Waals surface area contributed by atoms with Gasteiger partial charge < -0.3 is 4.57 Å². The van der Waals surface area contributed by atoms with Crippen molar-refractivity contribution in [3.05, 3.63) is 70.6 Å². The fourth-order valence-electron chi connectivity index (χ4n) is 3.55. The Morgan fingerprint density at radius 3 is 2.82 bits per heavy atom. The van der Waals surface area contributed by atoms with Crippen LogP contribution in [0.15, 0.2) is 48.2 Å². The summed E-state index contributed by atoms with van der Waals surface area (Å²) in [4.78, 5) is 11.4. The summed E-state index contributed by atoms with van der Waals surface area (Å²) in [6, 6.07) is 10.4. The number of aromatic nitrogens is 1. The fourth-order valence-corrected chi connectivity index (χ4v) is 3.55. The summed E-state index contributed by atoms with van der Waals surface area (Å²) < 4.78 is 2.22. The lowest BCUT2D eigenvalue weighted by atomic mass is 9.95. The second kappa shape index (κ2) is 5.45. The van der Waals surface area contributed by atoms with Crippen molar-refractivity contribution < 1.29 is 4.79 Å². The molecule has 1 aromatic heterocycles. The third kappa shape index (κ3) is 2.16. The Balaban J connectivity index is 1.94. The predicted octanol–water partition coefficient (Wildman–Crippen LogP) is 4.70. The molecule has 0 saturated carbocycles. The lowest BCUT2D eigenvalue weighted by molar-refractivity contribution is 0.112. The molecule has 0 unspecified atom stereocenters. The average Bonchev–Trinajstić information content (AvgIpc) is 2.89. The van der Waals surface area contributed by atoms with E-state index in [9.17, 15) is 4.79 Å². The van der Waals surface area contributed by atoms with Gasteiger partial charge in [0.15, 0.2) is 6.29 Å². The van der Waals surface area contributed by atoms with Crippen molar-refractivity contribution in [3.63, 3.8) is 0 Å². The first-order valence-electron chi connectivity index (χ1n) is 8.01. The Morgan fingerprint density at radius 1 is 1.09 bits per heavy atom. The monoisotopic (exact) mass is 289 g/mol. The van der Waals surface area contributed by atoms with Gasteiger partial charge in [-0.25, -0.2) is 0 Å². The third-order valence-electron chi connectivity index (χ3n) is 4.74. The molecule has 2 aromatic rings. The van der Waals surface area contributed by atoms with Gasteiger partial charge in [-0.1, -0.05) is 30.3 Å². The second-order valence-electron chi connectivity index (χ2n) is 6.09. The van der Waals surface area contributed by atoms with Crippen LogP contribution in [0.25, 0.3) is 11.8 Å². The molecule has 1 aliphatic carbocycles. The van der Waals surface area contributed by atoms with E-state index in [1.165, 1.54) is 35.2 Å². The van der Waals surface area contributed by atoms with Gasteiger partial charge in [0.2, 0.25) is 0 Å². The van der Waals surface area contributed by atoms with E-state index >= 15 is 0 Å². The van der Waals surface area contributed by atoms with E-state index in [0.29, 0.717) is 0 Å². The summed E-state index contributed by atoms with van der Waals surface area (Å²) in [5.74, 6) is 0. The number of hydrogen-bond acceptors (Lipinski definition) is 1.